The summed E-state index contributed by atoms with van der Waals surface area (Å²) in [6, 6.07) is 7.69. The molecule has 1 aliphatic rings. The maximum Gasteiger partial charge on any atom is 0.277 e. The predicted octanol–water partition coefficient (Wildman–Crippen LogP) is 2.58. The molecule has 106 valence electrons. The van der Waals surface area contributed by atoms with Gasteiger partial charge in [-0.25, -0.2) is 5.06 Å². The van der Waals surface area contributed by atoms with Crippen LogP contribution in [0, 0.1) is 0 Å². The van der Waals surface area contributed by atoms with Crippen LogP contribution >= 0.6 is 0 Å². The molecule has 1 atom stereocenters. The number of hydroxylamine groups is 2. The monoisotopic (exact) mass is 274 g/mol. The second-order valence-electron chi connectivity index (χ2n) is 4.91. The molecule has 1 fully saturated rings. The van der Waals surface area contributed by atoms with Crippen molar-refractivity contribution in [1.82, 2.24) is 9.63 Å². The van der Waals surface area contributed by atoms with E-state index in [1.807, 2.05) is 30.5 Å². The Bertz CT molecular complexity index is 629. The molecular formula is C15H18N2O3. The zero-order valence-electron chi connectivity index (χ0n) is 11.7. The molecule has 0 saturated carbocycles. The van der Waals surface area contributed by atoms with Crippen molar-refractivity contribution in [2.45, 2.75) is 19.1 Å². The van der Waals surface area contributed by atoms with Crippen LogP contribution in [0.2, 0.25) is 0 Å². The second kappa shape index (κ2) is 5.26. The Hall–Kier alpha value is -1.85. The maximum absolute atomic E-state index is 12.3. The highest BCUT2D eigenvalue weighted by Crippen LogP contribution is 2.29. The van der Waals surface area contributed by atoms with Crippen LogP contribution in [0.4, 0.5) is 0 Å². The van der Waals surface area contributed by atoms with Gasteiger partial charge in [0.05, 0.1) is 18.2 Å². The molecule has 2 aromatic rings. The van der Waals surface area contributed by atoms with Gasteiger partial charge in [-0.3, -0.25) is 9.63 Å². The maximum atomic E-state index is 12.3. The van der Waals surface area contributed by atoms with E-state index in [0.29, 0.717) is 5.56 Å². The fourth-order valence-electron chi connectivity index (χ4n) is 2.66. The number of amides is 1. The molecule has 5 heteroatoms. The Kier molecular flexibility index (Phi) is 3.46. The average Bonchev–Trinajstić information content (AvgIpc) is 3.13. The van der Waals surface area contributed by atoms with Gasteiger partial charge in [0.15, 0.2) is 0 Å². The number of fused-ring (bicyclic) bond motifs is 1. The van der Waals surface area contributed by atoms with Crippen molar-refractivity contribution in [3.8, 4) is 0 Å². The Morgan fingerprint density at radius 3 is 3.00 bits per heavy atom. The van der Waals surface area contributed by atoms with Crippen LogP contribution in [0.3, 0.4) is 0 Å². The van der Waals surface area contributed by atoms with Gasteiger partial charge in [0.1, 0.15) is 6.23 Å². The van der Waals surface area contributed by atoms with Crippen LogP contribution < -0.4 is 0 Å². The molecule has 1 saturated heterocycles. The third kappa shape index (κ3) is 2.09. The Balaban J connectivity index is 2.05. The second-order valence-corrected chi connectivity index (χ2v) is 4.91. The van der Waals surface area contributed by atoms with Crippen molar-refractivity contribution in [3.63, 3.8) is 0 Å². The molecule has 0 bridgehead atoms. The van der Waals surface area contributed by atoms with Gasteiger partial charge in [0.25, 0.3) is 5.91 Å². The van der Waals surface area contributed by atoms with Crippen molar-refractivity contribution >= 4 is 16.8 Å². The summed E-state index contributed by atoms with van der Waals surface area (Å²) in [5.74, 6) is -0.150. The quantitative estimate of drug-likeness (QED) is 0.808. The molecule has 2 heterocycles. The van der Waals surface area contributed by atoms with Crippen molar-refractivity contribution in [2.75, 3.05) is 20.8 Å². The third-order valence-corrected chi connectivity index (χ3v) is 3.77. The molecule has 0 radical (unpaired) electrons. The number of rotatable bonds is 3. The molecule has 0 N–H and O–H groups in total. The number of benzene rings is 1. The number of ether oxygens (including phenoxy) is 1. The first kappa shape index (κ1) is 13.1. The molecule has 1 unspecified atom stereocenters. The Morgan fingerprint density at radius 1 is 1.45 bits per heavy atom. The fraction of sp³-hybridized carbons (Fsp3) is 0.400. The number of hydrogen-bond acceptors (Lipinski definition) is 3. The molecule has 1 aromatic carbocycles. The van der Waals surface area contributed by atoms with Crippen molar-refractivity contribution in [3.05, 3.63) is 36.0 Å². The topological polar surface area (TPSA) is 43.7 Å². The summed E-state index contributed by atoms with van der Waals surface area (Å²) in [5, 5.41) is 2.16. The number of nitrogens with zero attached hydrogens (tertiary/aromatic N) is 2. The summed E-state index contributed by atoms with van der Waals surface area (Å²) in [6.07, 6.45) is 4.16. The van der Waals surface area contributed by atoms with Crippen LogP contribution in [0.5, 0.6) is 0 Å². The molecule has 20 heavy (non-hydrogen) atoms. The minimum absolute atomic E-state index is 0.0815. The number of hydrogen-bond donors (Lipinski definition) is 0. The van der Waals surface area contributed by atoms with Gasteiger partial charge in [-0.15, -0.1) is 0 Å². The first-order valence-corrected chi connectivity index (χ1v) is 6.75. The van der Waals surface area contributed by atoms with E-state index in [1.54, 1.807) is 7.05 Å². The summed E-state index contributed by atoms with van der Waals surface area (Å²) < 4.78 is 7.82. The third-order valence-electron chi connectivity index (χ3n) is 3.77. The molecule has 0 aliphatic carbocycles. The van der Waals surface area contributed by atoms with Gasteiger partial charge >= 0.3 is 0 Å². The standard InChI is InChI=1S/C15H18N2O3/c1-16(19-2)15(18)12-5-3-6-13-11(12)8-9-17(13)14-7-4-10-20-14/h3,5-6,8-9,14H,4,7,10H2,1-2H3. The van der Waals surface area contributed by atoms with Crippen LogP contribution in [-0.2, 0) is 9.57 Å². The highest BCUT2D eigenvalue weighted by Gasteiger charge is 2.21. The molecular weight excluding hydrogens is 256 g/mol. The number of carbonyl (C=O) groups is 1. The number of carbonyl (C=O) groups excluding carboxylic acids is 1. The summed E-state index contributed by atoms with van der Waals surface area (Å²) in [4.78, 5) is 17.3. The molecule has 1 aliphatic heterocycles. The SMILES string of the molecule is CON(C)C(=O)c1cccc2c1ccn2C1CCCO1. The molecule has 1 amide bonds. The van der Waals surface area contributed by atoms with Gasteiger partial charge in [-0.1, -0.05) is 6.07 Å². The molecule has 1 aromatic heterocycles. The lowest BCUT2D eigenvalue weighted by molar-refractivity contribution is -0.0755. The summed E-state index contributed by atoms with van der Waals surface area (Å²) in [5.41, 5.74) is 1.66. The highest BCUT2D eigenvalue weighted by molar-refractivity contribution is 6.06. The summed E-state index contributed by atoms with van der Waals surface area (Å²) in [6.45, 7) is 0.801. The first-order valence-electron chi connectivity index (χ1n) is 6.75. The average molecular weight is 274 g/mol. The normalized spacial score (nSPS) is 18.6. The van der Waals surface area contributed by atoms with E-state index >= 15 is 0 Å². The van der Waals surface area contributed by atoms with E-state index < -0.39 is 0 Å². The molecule has 5 nitrogen and oxygen atoms in total. The van der Waals surface area contributed by atoms with E-state index in [-0.39, 0.29) is 12.1 Å². The lowest BCUT2D eigenvalue weighted by Gasteiger charge is -2.16. The lowest BCUT2D eigenvalue weighted by atomic mass is 10.1. The molecule has 3 rings (SSSR count). The largest absolute Gasteiger partial charge is 0.358 e. The van der Waals surface area contributed by atoms with E-state index in [9.17, 15) is 4.79 Å². The highest BCUT2D eigenvalue weighted by atomic mass is 16.7. The van der Waals surface area contributed by atoms with Crippen LogP contribution in [-0.4, -0.2) is 36.3 Å². The number of aromatic nitrogens is 1. The van der Waals surface area contributed by atoms with Crippen molar-refractivity contribution in [2.24, 2.45) is 0 Å². The predicted molar refractivity (Wildman–Crippen MR) is 75.3 cm³/mol. The van der Waals surface area contributed by atoms with Gasteiger partial charge in [0.2, 0.25) is 0 Å². The van der Waals surface area contributed by atoms with Gasteiger partial charge in [-0.05, 0) is 31.0 Å². The summed E-state index contributed by atoms with van der Waals surface area (Å²) in [7, 11) is 3.09. The lowest BCUT2D eigenvalue weighted by Crippen LogP contribution is -2.25. The Labute approximate surface area is 117 Å². The Morgan fingerprint density at radius 2 is 2.30 bits per heavy atom. The van der Waals surface area contributed by atoms with Crippen molar-refractivity contribution in [1.29, 1.82) is 0 Å². The first-order chi connectivity index (χ1) is 9.72. The van der Waals surface area contributed by atoms with Crippen molar-refractivity contribution < 1.29 is 14.4 Å². The zero-order valence-corrected chi connectivity index (χ0v) is 11.7. The van der Waals surface area contributed by atoms with Gasteiger partial charge in [0, 0.05) is 25.2 Å². The van der Waals surface area contributed by atoms with Crippen LogP contribution in [0.25, 0.3) is 10.9 Å². The van der Waals surface area contributed by atoms with Crippen LogP contribution in [0.1, 0.15) is 29.4 Å². The smallest absolute Gasteiger partial charge is 0.277 e. The minimum Gasteiger partial charge on any atom is -0.358 e. The van der Waals surface area contributed by atoms with Gasteiger partial charge in [-0.2, -0.15) is 0 Å². The van der Waals surface area contributed by atoms with Crippen LogP contribution in [0.15, 0.2) is 30.5 Å². The van der Waals surface area contributed by atoms with Gasteiger partial charge < -0.3 is 9.30 Å². The molecule has 0 spiro atoms. The van der Waals surface area contributed by atoms with E-state index in [2.05, 4.69) is 4.57 Å². The minimum atomic E-state index is -0.150. The zero-order chi connectivity index (χ0) is 14.1. The summed E-state index contributed by atoms with van der Waals surface area (Å²) >= 11 is 0. The van der Waals surface area contributed by atoms with E-state index in [0.717, 1.165) is 30.4 Å². The van der Waals surface area contributed by atoms with E-state index in [1.165, 1.54) is 12.2 Å². The van der Waals surface area contributed by atoms with E-state index in [4.69, 9.17) is 9.57 Å². The fourth-order valence-corrected chi connectivity index (χ4v) is 2.66.